The molecule has 19 heteroatoms. The zero-order chi connectivity index (χ0) is 57.5. The summed E-state index contributed by atoms with van der Waals surface area (Å²) in [6, 6.07) is 40.6. The van der Waals surface area contributed by atoms with E-state index >= 15 is 0 Å². The Morgan fingerprint density at radius 3 is 1.40 bits per heavy atom. The van der Waals surface area contributed by atoms with Gasteiger partial charge in [0, 0.05) is 82.5 Å². The van der Waals surface area contributed by atoms with Gasteiger partial charge < -0.3 is 18.7 Å². The molecule has 9 heterocycles. The number of hydrogen-bond donors (Lipinski definition) is 1. The van der Waals surface area contributed by atoms with E-state index in [2.05, 4.69) is 127 Å². The molecule has 0 saturated carbocycles. The lowest BCUT2D eigenvalue weighted by Crippen LogP contribution is -2.34. The molecule has 1 aliphatic rings. The summed E-state index contributed by atoms with van der Waals surface area (Å²) >= 11 is 19.5. The van der Waals surface area contributed by atoms with Crippen molar-refractivity contribution in [2.45, 2.75) is 61.8 Å². The van der Waals surface area contributed by atoms with Gasteiger partial charge in [0.05, 0.1) is 103 Å². The summed E-state index contributed by atoms with van der Waals surface area (Å²) in [6.07, 6.45) is 10.6. The maximum atomic E-state index is 13.2. The number of Topliss-reactive ketones (excluding diaryl/α,β-unsaturated/α-hetero) is 2. The van der Waals surface area contributed by atoms with Crippen LogP contribution in [0.4, 0.5) is 0 Å². The number of rotatable bonds is 8. The number of piperidine rings is 1. The predicted octanol–water partition coefficient (Wildman–Crippen LogP) is 16.9. The van der Waals surface area contributed by atoms with Crippen molar-refractivity contribution in [1.29, 1.82) is 15.8 Å². The maximum Gasteiger partial charge on any atom is 0.181 e. The van der Waals surface area contributed by atoms with Crippen LogP contribution in [0.1, 0.15) is 94.3 Å². The van der Waals surface area contributed by atoms with Gasteiger partial charge in [-0.1, -0.05) is 21.3 Å². The zero-order valence-corrected chi connectivity index (χ0v) is 51.4. The average molecular weight is 1380 g/mol. The van der Waals surface area contributed by atoms with E-state index in [4.69, 9.17) is 27.4 Å². The van der Waals surface area contributed by atoms with Gasteiger partial charge >= 0.3 is 0 Å². The molecule has 0 aliphatic carbocycles. The lowest BCUT2D eigenvalue weighted by Gasteiger charge is -2.25. The average Bonchev–Trinajstić information content (AvgIpc) is 4.10. The van der Waals surface area contributed by atoms with E-state index in [9.17, 15) is 9.59 Å². The van der Waals surface area contributed by atoms with Crippen LogP contribution in [0.5, 0.6) is 0 Å². The Morgan fingerprint density at radius 1 is 0.530 bits per heavy atom. The standard InChI is InChI=1S/C22H21BrN4O.C17H11BrClN3O.C15H10BrN3.C8H7BrN2.2CH4/c1-15-21(20(28)14-26-9-3-2-4-10-26)22-19(11-17(23)13-25-22)27(15)18-7-5-16(12-24)6-8-18;1-10-16(15(23)7-19)17-14(6-12(18)9-21-17)22(10)13-4-2-11(8-20)3-5-13;1-10-6-14-15(7-12(16)9-18-14)19(10)13-4-2-11(8-17)3-5-13;1-5-2-7-8(11-5)3-6(9)4-10-7;;/h5-8,11,13H,2-4,9-10,14H2,1H3;2-6,9H,7H2,1H3;2-7,9H,1H3;2-4,11H,1H3;2*1H4. The Kier molecular flexibility index (Phi) is 21.3. The second-order valence-corrected chi connectivity index (χ2v) is 23.1. The van der Waals surface area contributed by atoms with Crippen LogP contribution >= 0.6 is 75.3 Å². The number of nitriles is 3. The normalized spacial score (nSPS) is 11.8. The molecule has 1 aliphatic heterocycles. The third-order valence-electron chi connectivity index (χ3n) is 13.7. The number of fused-ring (bicyclic) bond motifs is 4. The number of aromatic amines is 1. The monoisotopic (exact) mass is 1380 g/mol. The van der Waals surface area contributed by atoms with Crippen LogP contribution in [-0.2, 0) is 0 Å². The van der Waals surface area contributed by atoms with Gasteiger partial charge in [-0.2, -0.15) is 15.8 Å². The fourth-order valence-corrected chi connectivity index (χ4v) is 11.4. The first kappa shape index (κ1) is 63.0. The molecule has 83 heavy (non-hydrogen) atoms. The summed E-state index contributed by atoms with van der Waals surface area (Å²) in [5, 5.41) is 26.9. The van der Waals surface area contributed by atoms with Crippen LogP contribution in [0.15, 0.2) is 152 Å². The van der Waals surface area contributed by atoms with Crippen molar-refractivity contribution in [2.75, 3.05) is 25.5 Å². The minimum atomic E-state index is -0.156. The number of ketones is 2. The quantitative estimate of drug-likeness (QED) is 0.113. The van der Waals surface area contributed by atoms with E-state index in [-0.39, 0.29) is 32.3 Å². The van der Waals surface area contributed by atoms with Crippen molar-refractivity contribution in [3.05, 3.63) is 202 Å². The summed E-state index contributed by atoms with van der Waals surface area (Å²) in [5.41, 5.74) is 17.0. The fraction of sp³-hybridized carbons (Fsp3) is 0.203. The fourth-order valence-electron chi connectivity index (χ4n) is 10.0. The number of nitrogens with one attached hydrogen (secondary N) is 1. The molecule has 420 valence electrons. The van der Waals surface area contributed by atoms with Crippen molar-refractivity contribution in [3.8, 4) is 35.3 Å². The smallest absolute Gasteiger partial charge is 0.181 e. The van der Waals surface area contributed by atoms with Gasteiger partial charge in [0.25, 0.3) is 0 Å². The summed E-state index contributed by atoms with van der Waals surface area (Å²) in [4.78, 5) is 48.5. The Morgan fingerprint density at radius 2 is 0.940 bits per heavy atom. The van der Waals surface area contributed by atoms with Gasteiger partial charge in [0.1, 0.15) is 0 Å². The largest absolute Gasteiger partial charge is 0.357 e. The third kappa shape index (κ3) is 14.1. The number of likely N-dealkylation sites (tertiary alicyclic amines) is 1. The number of hydrogen-bond acceptors (Lipinski definition) is 10. The van der Waals surface area contributed by atoms with E-state index in [1.54, 1.807) is 49.1 Å². The predicted molar refractivity (Wildman–Crippen MR) is 346 cm³/mol. The van der Waals surface area contributed by atoms with Gasteiger partial charge in [-0.15, -0.1) is 11.6 Å². The first-order valence-electron chi connectivity index (χ1n) is 25.5. The highest BCUT2D eigenvalue weighted by molar-refractivity contribution is 9.11. The third-order valence-corrected chi connectivity index (χ3v) is 15.6. The highest BCUT2D eigenvalue weighted by Crippen LogP contribution is 2.33. The number of carbonyl (C=O) groups is 2. The lowest BCUT2D eigenvalue weighted by atomic mass is 10.1. The van der Waals surface area contributed by atoms with Crippen LogP contribution in [0.3, 0.4) is 0 Å². The number of carbonyl (C=O) groups excluding carboxylic acids is 2. The van der Waals surface area contributed by atoms with Gasteiger partial charge in [-0.05, 0) is 227 Å². The summed E-state index contributed by atoms with van der Waals surface area (Å²) in [7, 11) is 0. The molecule has 8 aromatic heterocycles. The molecule has 0 unspecified atom stereocenters. The molecular weight excluding hydrogens is 1320 g/mol. The van der Waals surface area contributed by atoms with Crippen molar-refractivity contribution in [2.24, 2.45) is 0 Å². The maximum absolute atomic E-state index is 13.2. The SMILES string of the molecule is C.C.Cc1c(C(=O)CCl)c2ncc(Br)cc2n1-c1ccc(C#N)cc1.Cc1c(C(=O)CN2CCCCC2)c2ncc(Br)cc2n1-c1ccc(C#N)cc1.Cc1cc2ncc(Br)cc2[nH]1.Cc1cc2ncc(Br)cc2n1-c1ccc(C#N)cc1. The number of halogens is 5. The van der Waals surface area contributed by atoms with Gasteiger partial charge in [-0.25, -0.2) is 0 Å². The molecule has 12 rings (SSSR count). The zero-order valence-electron chi connectivity index (χ0n) is 44.3. The molecule has 1 saturated heterocycles. The first-order valence-corrected chi connectivity index (χ1v) is 29.2. The lowest BCUT2D eigenvalue weighted by molar-refractivity contribution is 0.0915. The van der Waals surface area contributed by atoms with Crippen LogP contribution < -0.4 is 0 Å². The second kappa shape index (κ2) is 28.1. The molecule has 11 aromatic rings. The molecule has 0 atom stereocenters. The molecule has 3 aromatic carbocycles. The minimum absolute atomic E-state index is 0. The molecule has 0 spiro atoms. The molecule has 0 radical (unpaired) electrons. The Hall–Kier alpha value is -7.60. The number of nitrogens with zero attached hydrogens (tertiary/aromatic N) is 11. The van der Waals surface area contributed by atoms with Gasteiger partial charge in [0.15, 0.2) is 11.6 Å². The highest BCUT2D eigenvalue weighted by atomic mass is 79.9. The van der Waals surface area contributed by atoms with Crippen LogP contribution in [0, 0.1) is 61.7 Å². The van der Waals surface area contributed by atoms with Crippen molar-refractivity contribution < 1.29 is 9.59 Å². The van der Waals surface area contributed by atoms with Crippen LogP contribution in [-0.4, -0.2) is 80.6 Å². The number of pyridine rings is 4. The Bertz CT molecular complexity index is 4290. The van der Waals surface area contributed by atoms with Crippen molar-refractivity contribution in [3.63, 3.8) is 0 Å². The topological polar surface area (TPSA) is 191 Å². The number of aryl methyl sites for hydroxylation is 2. The summed E-state index contributed by atoms with van der Waals surface area (Å²) in [5.74, 6) is -0.131. The van der Waals surface area contributed by atoms with E-state index in [1.165, 1.54) is 6.42 Å². The number of aromatic nitrogens is 8. The second-order valence-electron chi connectivity index (χ2n) is 19.1. The Labute approximate surface area is 520 Å². The van der Waals surface area contributed by atoms with Crippen LogP contribution in [0.2, 0.25) is 0 Å². The van der Waals surface area contributed by atoms with E-state index in [0.29, 0.717) is 39.9 Å². The number of benzene rings is 3. The molecule has 1 N–H and O–H groups in total. The molecular formula is C64H57Br4ClN12O2. The highest BCUT2D eigenvalue weighted by Gasteiger charge is 2.25. The van der Waals surface area contributed by atoms with Crippen molar-refractivity contribution >= 4 is 131 Å². The molecule has 0 bridgehead atoms. The first-order chi connectivity index (χ1) is 39.1. The van der Waals surface area contributed by atoms with Gasteiger partial charge in [0.2, 0.25) is 0 Å². The van der Waals surface area contributed by atoms with E-state index in [0.717, 1.165) is 122 Å². The summed E-state index contributed by atoms with van der Waals surface area (Å²) in [6.45, 7) is 10.3. The van der Waals surface area contributed by atoms with E-state index < -0.39 is 0 Å². The number of alkyl halides is 1. The summed E-state index contributed by atoms with van der Waals surface area (Å²) < 4.78 is 9.78. The van der Waals surface area contributed by atoms with Crippen molar-refractivity contribution in [1.82, 2.24) is 43.5 Å². The van der Waals surface area contributed by atoms with E-state index in [1.807, 2.05) is 111 Å². The molecule has 0 amide bonds. The Balaban J connectivity index is 0.000000164. The van der Waals surface area contributed by atoms with Gasteiger partial charge in [-0.3, -0.25) is 34.4 Å². The minimum Gasteiger partial charge on any atom is -0.357 e. The molecule has 1 fully saturated rings. The number of H-pyrrole nitrogens is 1. The molecule has 14 nitrogen and oxygen atoms in total. The van der Waals surface area contributed by atoms with Crippen LogP contribution in [0.25, 0.3) is 61.2 Å².